The summed E-state index contributed by atoms with van der Waals surface area (Å²) >= 11 is 0. The molecule has 0 aliphatic rings. The Morgan fingerprint density at radius 3 is 2.71 bits per heavy atom. The highest BCUT2D eigenvalue weighted by Crippen LogP contribution is 1.89. The molecule has 0 aliphatic heterocycles. The molecule has 3 heteroatoms. The largest absolute Gasteiger partial charge is 0.381 e. The average Bonchev–Trinajstić information content (AvgIpc) is 2.17. The summed E-state index contributed by atoms with van der Waals surface area (Å²) in [4.78, 5) is 10.9. The van der Waals surface area contributed by atoms with Crippen LogP contribution in [0.4, 0.5) is 0 Å². The third-order valence-electron chi connectivity index (χ3n) is 1.72. The molecule has 82 valence electrons. The Morgan fingerprint density at radius 2 is 2.07 bits per heavy atom. The minimum atomic E-state index is -0.0268. The van der Waals surface area contributed by atoms with E-state index in [1.165, 1.54) is 6.08 Å². The van der Waals surface area contributed by atoms with E-state index in [2.05, 4.69) is 12.2 Å². The summed E-state index contributed by atoms with van der Waals surface area (Å²) in [6.07, 6.45) is 6.42. The Kier molecular flexibility index (Phi) is 9.64. The van der Waals surface area contributed by atoms with Crippen molar-refractivity contribution in [1.82, 2.24) is 5.32 Å². The number of allylic oxidation sites excluding steroid dienone is 1. The Hall–Kier alpha value is -0.830. The fourth-order valence-electron chi connectivity index (χ4n) is 0.945. The normalized spacial score (nSPS) is 10.7. The molecule has 0 aromatic heterocycles. The molecule has 0 rings (SSSR count). The summed E-state index contributed by atoms with van der Waals surface area (Å²) < 4.78 is 5.35. The van der Waals surface area contributed by atoms with Gasteiger partial charge < -0.3 is 10.1 Å². The first-order chi connectivity index (χ1) is 6.81. The number of hydrogen-bond acceptors (Lipinski definition) is 2. The zero-order valence-electron chi connectivity index (χ0n) is 9.21. The zero-order chi connectivity index (χ0) is 10.6. The highest BCUT2D eigenvalue weighted by molar-refractivity contribution is 5.87. The standard InChI is InChI=1S/C11H21NO2/c1-3-5-9-14-10-6-8-12-11(13)7-4-2/h4,7H,3,5-6,8-10H2,1-2H3,(H,12,13)/b7-4+. The second-order valence-corrected chi connectivity index (χ2v) is 3.11. The molecule has 1 amide bonds. The second-order valence-electron chi connectivity index (χ2n) is 3.11. The summed E-state index contributed by atoms with van der Waals surface area (Å²) in [5, 5.41) is 2.77. The van der Waals surface area contributed by atoms with Crippen molar-refractivity contribution in [3.63, 3.8) is 0 Å². The quantitative estimate of drug-likeness (QED) is 0.479. The highest BCUT2D eigenvalue weighted by atomic mass is 16.5. The maximum Gasteiger partial charge on any atom is 0.243 e. The lowest BCUT2D eigenvalue weighted by atomic mass is 10.3. The molecule has 0 unspecified atom stereocenters. The van der Waals surface area contributed by atoms with E-state index in [-0.39, 0.29) is 5.91 Å². The molecule has 0 spiro atoms. The molecule has 0 aromatic carbocycles. The van der Waals surface area contributed by atoms with Gasteiger partial charge in [-0.2, -0.15) is 0 Å². The third kappa shape index (κ3) is 9.26. The number of carbonyl (C=O) groups is 1. The summed E-state index contributed by atoms with van der Waals surface area (Å²) in [7, 11) is 0. The van der Waals surface area contributed by atoms with E-state index in [0.29, 0.717) is 6.54 Å². The number of rotatable bonds is 8. The summed E-state index contributed by atoms with van der Waals surface area (Å²) in [6.45, 7) is 6.22. The van der Waals surface area contributed by atoms with Crippen LogP contribution in [-0.4, -0.2) is 25.7 Å². The minimum Gasteiger partial charge on any atom is -0.381 e. The van der Waals surface area contributed by atoms with E-state index in [0.717, 1.165) is 32.5 Å². The molecule has 0 radical (unpaired) electrons. The predicted octanol–water partition coefficient (Wildman–Crippen LogP) is 1.89. The number of ether oxygens (including phenoxy) is 1. The first kappa shape index (κ1) is 13.2. The number of amides is 1. The predicted molar refractivity (Wildman–Crippen MR) is 58.2 cm³/mol. The summed E-state index contributed by atoms with van der Waals surface area (Å²) in [6, 6.07) is 0. The van der Waals surface area contributed by atoms with E-state index in [9.17, 15) is 4.79 Å². The van der Waals surface area contributed by atoms with Gasteiger partial charge in [-0.05, 0) is 25.8 Å². The lowest BCUT2D eigenvalue weighted by Crippen LogP contribution is -2.23. The minimum absolute atomic E-state index is 0.0268. The molecule has 0 heterocycles. The molecule has 0 saturated heterocycles. The molecule has 0 bridgehead atoms. The molecule has 14 heavy (non-hydrogen) atoms. The summed E-state index contributed by atoms with van der Waals surface area (Å²) in [5.74, 6) is -0.0268. The van der Waals surface area contributed by atoms with Crippen molar-refractivity contribution < 1.29 is 9.53 Å². The van der Waals surface area contributed by atoms with Crippen molar-refractivity contribution in [3.05, 3.63) is 12.2 Å². The Labute approximate surface area is 86.5 Å². The van der Waals surface area contributed by atoms with Gasteiger partial charge in [0.2, 0.25) is 5.91 Å². The van der Waals surface area contributed by atoms with E-state index in [1.54, 1.807) is 6.08 Å². The van der Waals surface area contributed by atoms with Gasteiger partial charge in [-0.3, -0.25) is 4.79 Å². The monoisotopic (exact) mass is 199 g/mol. The first-order valence-corrected chi connectivity index (χ1v) is 5.29. The van der Waals surface area contributed by atoms with Gasteiger partial charge in [0.25, 0.3) is 0 Å². The number of unbranched alkanes of at least 4 members (excludes halogenated alkanes) is 1. The number of carbonyl (C=O) groups excluding carboxylic acids is 1. The van der Waals surface area contributed by atoms with E-state index < -0.39 is 0 Å². The average molecular weight is 199 g/mol. The van der Waals surface area contributed by atoms with Gasteiger partial charge in [-0.1, -0.05) is 19.4 Å². The fourth-order valence-corrected chi connectivity index (χ4v) is 0.945. The Bertz CT molecular complexity index is 167. The van der Waals surface area contributed by atoms with Crippen molar-refractivity contribution in [2.24, 2.45) is 0 Å². The molecule has 0 aromatic rings. The van der Waals surface area contributed by atoms with Crippen LogP contribution in [0.1, 0.15) is 33.1 Å². The summed E-state index contributed by atoms with van der Waals surface area (Å²) in [5.41, 5.74) is 0. The highest BCUT2D eigenvalue weighted by Gasteiger charge is 1.93. The van der Waals surface area contributed by atoms with Gasteiger partial charge in [0, 0.05) is 19.8 Å². The van der Waals surface area contributed by atoms with Crippen LogP contribution in [0.3, 0.4) is 0 Å². The van der Waals surface area contributed by atoms with Gasteiger partial charge in [0.1, 0.15) is 0 Å². The van der Waals surface area contributed by atoms with Gasteiger partial charge in [-0.15, -0.1) is 0 Å². The van der Waals surface area contributed by atoms with E-state index in [1.807, 2.05) is 6.92 Å². The number of nitrogens with one attached hydrogen (secondary N) is 1. The van der Waals surface area contributed by atoms with Crippen molar-refractivity contribution in [2.45, 2.75) is 33.1 Å². The van der Waals surface area contributed by atoms with Crippen molar-refractivity contribution in [3.8, 4) is 0 Å². The SMILES string of the molecule is C/C=C/C(=O)NCCCOCCCC. The third-order valence-corrected chi connectivity index (χ3v) is 1.72. The van der Waals surface area contributed by atoms with Gasteiger partial charge in [0.05, 0.1) is 0 Å². The van der Waals surface area contributed by atoms with Crippen molar-refractivity contribution in [2.75, 3.05) is 19.8 Å². The molecule has 0 saturated carbocycles. The van der Waals surface area contributed by atoms with Crippen LogP contribution in [0, 0.1) is 0 Å². The lowest BCUT2D eigenvalue weighted by molar-refractivity contribution is -0.116. The van der Waals surface area contributed by atoms with Gasteiger partial charge in [-0.25, -0.2) is 0 Å². The maximum atomic E-state index is 10.9. The molecule has 0 fully saturated rings. The topological polar surface area (TPSA) is 38.3 Å². The molecule has 3 nitrogen and oxygen atoms in total. The van der Waals surface area contributed by atoms with Crippen molar-refractivity contribution in [1.29, 1.82) is 0 Å². The smallest absolute Gasteiger partial charge is 0.243 e. The zero-order valence-corrected chi connectivity index (χ0v) is 9.21. The van der Waals surface area contributed by atoms with Crippen LogP contribution in [0.15, 0.2) is 12.2 Å². The Balaban J connectivity index is 3.09. The lowest BCUT2D eigenvalue weighted by Gasteiger charge is -2.03. The fraction of sp³-hybridized carbons (Fsp3) is 0.727. The molecular weight excluding hydrogens is 178 g/mol. The van der Waals surface area contributed by atoms with Crippen LogP contribution < -0.4 is 5.32 Å². The van der Waals surface area contributed by atoms with Crippen LogP contribution in [0.25, 0.3) is 0 Å². The van der Waals surface area contributed by atoms with E-state index in [4.69, 9.17) is 4.74 Å². The van der Waals surface area contributed by atoms with Gasteiger partial charge >= 0.3 is 0 Å². The van der Waals surface area contributed by atoms with E-state index >= 15 is 0 Å². The maximum absolute atomic E-state index is 10.9. The number of hydrogen-bond donors (Lipinski definition) is 1. The van der Waals surface area contributed by atoms with Crippen molar-refractivity contribution >= 4 is 5.91 Å². The van der Waals surface area contributed by atoms with Gasteiger partial charge in [0.15, 0.2) is 0 Å². The van der Waals surface area contributed by atoms with Crippen LogP contribution in [0.5, 0.6) is 0 Å². The second kappa shape index (κ2) is 10.3. The first-order valence-electron chi connectivity index (χ1n) is 5.29. The molecular formula is C11H21NO2. The Morgan fingerprint density at radius 1 is 1.36 bits per heavy atom. The molecule has 1 N–H and O–H groups in total. The van der Waals surface area contributed by atoms with Crippen LogP contribution in [-0.2, 0) is 9.53 Å². The molecule has 0 aliphatic carbocycles. The van der Waals surface area contributed by atoms with Crippen LogP contribution in [0.2, 0.25) is 0 Å². The van der Waals surface area contributed by atoms with Crippen LogP contribution >= 0.6 is 0 Å². The molecule has 0 atom stereocenters.